The largest absolute Gasteiger partial charge is 0.393 e. The molecule has 1 spiro atoms. The smallest absolute Gasteiger partial charge is 0.171 e. The molecule has 4 nitrogen and oxygen atoms in total. The van der Waals surface area contributed by atoms with Gasteiger partial charge in [0.1, 0.15) is 0 Å². The zero-order valence-corrected chi connectivity index (χ0v) is 19.8. The fraction of sp³-hybridized carbons (Fsp3) is 0.926. The second kappa shape index (κ2) is 6.81. The van der Waals surface area contributed by atoms with E-state index in [4.69, 9.17) is 9.47 Å². The van der Waals surface area contributed by atoms with Crippen LogP contribution in [0.3, 0.4) is 0 Å². The molecule has 2 saturated heterocycles. The predicted molar refractivity (Wildman–Crippen MR) is 119 cm³/mol. The van der Waals surface area contributed by atoms with Crippen LogP contribution in [0.25, 0.3) is 0 Å². The quantitative estimate of drug-likeness (QED) is 0.548. The van der Waals surface area contributed by atoms with Crippen LogP contribution in [0.5, 0.6) is 0 Å². The summed E-state index contributed by atoms with van der Waals surface area (Å²) in [5.41, 5.74) is 1.48. The number of allylic oxidation sites excluding steroid dienone is 1. The number of aliphatic hydroxyl groups excluding tert-OH is 2. The van der Waals surface area contributed by atoms with Crippen LogP contribution in [-0.2, 0) is 9.47 Å². The van der Waals surface area contributed by atoms with E-state index in [2.05, 4.69) is 33.8 Å². The summed E-state index contributed by atoms with van der Waals surface area (Å²) in [6, 6.07) is 0. The molecule has 174 valence electrons. The summed E-state index contributed by atoms with van der Waals surface area (Å²) < 4.78 is 13.3. The Hall–Kier alpha value is -0.420. The molecule has 2 aliphatic heterocycles. The van der Waals surface area contributed by atoms with Crippen molar-refractivity contribution in [2.45, 2.75) is 103 Å². The lowest BCUT2D eigenvalue weighted by molar-refractivity contribution is -0.272. The third-order valence-corrected chi connectivity index (χ3v) is 11.4. The molecule has 12 atom stereocenters. The average molecular weight is 431 g/mol. The second-order valence-corrected chi connectivity index (χ2v) is 12.8. The van der Waals surface area contributed by atoms with Gasteiger partial charge < -0.3 is 19.7 Å². The van der Waals surface area contributed by atoms with E-state index in [1.54, 1.807) is 0 Å². The van der Waals surface area contributed by atoms with Crippen molar-refractivity contribution in [3.05, 3.63) is 11.6 Å². The molecule has 0 aromatic rings. The molecule has 31 heavy (non-hydrogen) atoms. The van der Waals surface area contributed by atoms with Crippen molar-refractivity contribution in [1.82, 2.24) is 0 Å². The average Bonchev–Trinajstić information content (AvgIpc) is 3.16. The first-order chi connectivity index (χ1) is 14.7. The van der Waals surface area contributed by atoms with Crippen LogP contribution < -0.4 is 0 Å². The van der Waals surface area contributed by atoms with Crippen LogP contribution in [0.4, 0.5) is 0 Å². The topological polar surface area (TPSA) is 58.9 Å². The fourth-order valence-electron chi connectivity index (χ4n) is 9.72. The molecule has 0 radical (unpaired) electrons. The Balaban J connectivity index is 1.29. The van der Waals surface area contributed by atoms with Crippen molar-refractivity contribution in [1.29, 1.82) is 0 Å². The van der Waals surface area contributed by atoms with Gasteiger partial charge in [0.15, 0.2) is 5.79 Å². The Morgan fingerprint density at radius 3 is 2.58 bits per heavy atom. The maximum Gasteiger partial charge on any atom is 0.171 e. The SMILES string of the molecule is C[C@@H]1CC[C@@]2(OC1)O[C@H]1C[C@H]3[C@@H]4CC=C5C[C@@H](O)C[C@@H](O)[C@]5(C)[C@H]4CC[C@]3(C)[C@@H]1[C@H]2C. The Morgan fingerprint density at radius 2 is 1.84 bits per heavy atom. The van der Waals surface area contributed by atoms with E-state index in [9.17, 15) is 10.2 Å². The van der Waals surface area contributed by atoms with Crippen LogP contribution >= 0.6 is 0 Å². The summed E-state index contributed by atoms with van der Waals surface area (Å²) in [4.78, 5) is 0. The van der Waals surface area contributed by atoms with Crippen molar-refractivity contribution < 1.29 is 19.7 Å². The van der Waals surface area contributed by atoms with Crippen LogP contribution in [-0.4, -0.2) is 40.9 Å². The van der Waals surface area contributed by atoms with Crippen molar-refractivity contribution in [2.75, 3.05) is 6.61 Å². The molecule has 0 bridgehead atoms. The lowest BCUT2D eigenvalue weighted by Gasteiger charge is -2.59. The number of hydrogen-bond acceptors (Lipinski definition) is 4. The van der Waals surface area contributed by atoms with Gasteiger partial charge in [0.05, 0.1) is 24.9 Å². The minimum Gasteiger partial charge on any atom is -0.393 e. The van der Waals surface area contributed by atoms with Gasteiger partial charge in [0, 0.05) is 24.2 Å². The summed E-state index contributed by atoms with van der Waals surface area (Å²) in [6.45, 7) is 10.4. The van der Waals surface area contributed by atoms with Crippen LogP contribution in [0.1, 0.15) is 79.1 Å². The third-order valence-electron chi connectivity index (χ3n) is 11.4. The van der Waals surface area contributed by atoms with E-state index in [1.807, 2.05) is 0 Å². The Labute approximate surface area is 187 Å². The highest BCUT2D eigenvalue weighted by Gasteiger charge is 2.69. The summed E-state index contributed by atoms with van der Waals surface area (Å²) in [5, 5.41) is 21.4. The van der Waals surface area contributed by atoms with E-state index >= 15 is 0 Å². The summed E-state index contributed by atoms with van der Waals surface area (Å²) in [5.74, 6) is 3.17. The summed E-state index contributed by atoms with van der Waals surface area (Å²) in [6.07, 6.45) is 10.2. The van der Waals surface area contributed by atoms with Gasteiger partial charge in [-0.05, 0) is 73.5 Å². The Kier molecular flexibility index (Phi) is 4.64. The molecule has 0 aromatic carbocycles. The van der Waals surface area contributed by atoms with E-state index in [0.29, 0.717) is 53.4 Å². The molecular formula is C27H42O4. The van der Waals surface area contributed by atoms with Gasteiger partial charge in [-0.2, -0.15) is 0 Å². The van der Waals surface area contributed by atoms with E-state index in [0.717, 1.165) is 32.3 Å². The third kappa shape index (κ3) is 2.68. The first-order valence-corrected chi connectivity index (χ1v) is 13.1. The lowest BCUT2D eigenvalue weighted by Crippen LogP contribution is -2.56. The Bertz CT molecular complexity index is 769. The molecule has 0 amide bonds. The van der Waals surface area contributed by atoms with Gasteiger partial charge >= 0.3 is 0 Å². The van der Waals surface area contributed by atoms with Gasteiger partial charge in [-0.15, -0.1) is 0 Å². The van der Waals surface area contributed by atoms with Crippen LogP contribution in [0, 0.1) is 46.3 Å². The van der Waals surface area contributed by atoms with Crippen molar-refractivity contribution in [3.8, 4) is 0 Å². The first-order valence-electron chi connectivity index (χ1n) is 13.1. The van der Waals surface area contributed by atoms with Gasteiger partial charge in [-0.1, -0.05) is 39.3 Å². The lowest BCUT2D eigenvalue weighted by atomic mass is 9.46. The number of fused-ring (bicyclic) bond motifs is 7. The van der Waals surface area contributed by atoms with Gasteiger partial charge in [-0.25, -0.2) is 0 Å². The minimum atomic E-state index is -0.420. The minimum absolute atomic E-state index is 0.155. The van der Waals surface area contributed by atoms with Gasteiger partial charge in [-0.3, -0.25) is 0 Å². The number of ether oxygens (including phenoxy) is 2. The second-order valence-electron chi connectivity index (χ2n) is 12.8. The molecule has 0 unspecified atom stereocenters. The molecule has 2 N–H and O–H groups in total. The summed E-state index contributed by atoms with van der Waals surface area (Å²) >= 11 is 0. The Morgan fingerprint density at radius 1 is 1.03 bits per heavy atom. The molecule has 5 fully saturated rings. The zero-order chi connectivity index (χ0) is 21.8. The van der Waals surface area contributed by atoms with Crippen LogP contribution in [0.2, 0.25) is 0 Å². The standard InChI is InChI=1S/C27H42O4/c1-15-7-10-27(30-14-15)16(2)24-22(31-27)13-21-19-6-5-17-11-18(28)12-23(29)26(17,4)20(19)8-9-25(21,24)3/h5,15-16,18-24,28-29H,6-14H2,1-4H3/t15-,16-,18-,19-,20+,21+,22+,23-,24-,25+,26+,27-/m1/s1. The molecule has 2 heterocycles. The van der Waals surface area contributed by atoms with Crippen LogP contribution in [0.15, 0.2) is 11.6 Å². The molecule has 6 aliphatic rings. The number of aliphatic hydroxyl groups is 2. The van der Waals surface area contributed by atoms with Crippen molar-refractivity contribution >= 4 is 0 Å². The van der Waals surface area contributed by atoms with Crippen molar-refractivity contribution in [2.24, 2.45) is 46.3 Å². The molecule has 6 rings (SSSR count). The molecule has 3 saturated carbocycles. The van der Waals surface area contributed by atoms with Gasteiger partial charge in [0.2, 0.25) is 0 Å². The monoisotopic (exact) mass is 430 g/mol. The highest BCUT2D eigenvalue weighted by molar-refractivity contribution is 5.28. The van der Waals surface area contributed by atoms with Crippen molar-refractivity contribution in [3.63, 3.8) is 0 Å². The maximum absolute atomic E-state index is 11.1. The highest BCUT2D eigenvalue weighted by atomic mass is 16.7. The normalized spacial score (nSPS) is 60.7. The number of rotatable bonds is 0. The van der Waals surface area contributed by atoms with E-state index < -0.39 is 6.10 Å². The molecule has 0 aromatic heterocycles. The van der Waals surface area contributed by atoms with E-state index in [1.165, 1.54) is 24.8 Å². The molecular weight excluding hydrogens is 388 g/mol. The molecule has 4 heteroatoms. The highest BCUT2D eigenvalue weighted by Crippen LogP contribution is 2.70. The first kappa shape index (κ1) is 21.1. The maximum atomic E-state index is 11.1. The molecule has 4 aliphatic carbocycles. The zero-order valence-electron chi connectivity index (χ0n) is 19.8. The van der Waals surface area contributed by atoms with E-state index in [-0.39, 0.29) is 17.3 Å². The fourth-order valence-corrected chi connectivity index (χ4v) is 9.72. The predicted octanol–water partition coefficient (Wildman–Crippen LogP) is 4.68. The van der Waals surface area contributed by atoms with Gasteiger partial charge in [0.25, 0.3) is 0 Å². The number of hydrogen-bond donors (Lipinski definition) is 2. The summed E-state index contributed by atoms with van der Waals surface area (Å²) in [7, 11) is 0.